The van der Waals surface area contributed by atoms with Gasteiger partial charge >= 0.3 is 0 Å². The predicted octanol–water partition coefficient (Wildman–Crippen LogP) is 2.79. The number of amides is 2. The van der Waals surface area contributed by atoms with E-state index >= 15 is 0 Å². The molecular weight excluding hydrogens is 402 g/mol. The lowest BCUT2D eigenvalue weighted by molar-refractivity contribution is -0.113. The maximum Gasteiger partial charge on any atom is 0.251 e. The molecule has 0 atom stereocenters. The molecule has 0 unspecified atom stereocenters. The number of para-hydroxylation sites is 2. The Morgan fingerprint density at radius 3 is 2.60 bits per heavy atom. The van der Waals surface area contributed by atoms with E-state index in [0.29, 0.717) is 28.0 Å². The highest BCUT2D eigenvalue weighted by Crippen LogP contribution is 2.24. The summed E-state index contributed by atoms with van der Waals surface area (Å²) in [6, 6.07) is 14.6. The van der Waals surface area contributed by atoms with Crippen molar-refractivity contribution in [3.05, 3.63) is 65.5 Å². The minimum absolute atomic E-state index is 0.165. The molecule has 2 aromatic carbocycles. The predicted molar refractivity (Wildman–Crippen MR) is 116 cm³/mol. The highest BCUT2D eigenvalue weighted by molar-refractivity contribution is 7.99. The number of anilines is 1. The zero-order valence-electron chi connectivity index (χ0n) is 17.0. The Hall–Kier alpha value is -3.33. The molecular formula is C21H23N5O3S. The molecule has 2 N–H and O–H groups in total. The molecule has 156 valence electrons. The summed E-state index contributed by atoms with van der Waals surface area (Å²) in [6.07, 6.45) is 0. The molecule has 30 heavy (non-hydrogen) atoms. The van der Waals surface area contributed by atoms with Gasteiger partial charge in [-0.15, -0.1) is 10.2 Å². The van der Waals surface area contributed by atoms with Crippen molar-refractivity contribution >= 4 is 29.3 Å². The van der Waals surface area contributed by atoms with Gasteiger partial charge in [0.15, 0.2) is 11.0 Å². The van der Waals surface area contributed by atoms with Crippen LogP contribution >= 0.6 is 11.8 Å². The van der Waals surface area contributed by atoms with Crippen molar-refractivity contribution < 1.29 is 14.3 Å². The molecule has 0 spiro atoms. The quantitative estimate of drug-likeness (QED) is 0.539. The van der Waals surface area contributed by atoms with Gasteiger partial charge in [-0.2, -0.15) is 0 Å². The number of thioether (sulfide) groups is 1. The number of rotatable bonds is 8. The van der Waals surface area contributed by atoms with E-state index in [1.54, 1.807) is 36.9 Å². The number of hydrogen-bond donors (Lipinski definition) is 2. The van der Waals surface area contributed by atoms with Crippen LogP contribution in [0.5, 0.6) is 5.75 Å². The fourth-order valence-corrected chi connectivity index (χ4v) is 3.50. The molecule has 3 rings (SSSR count). The fraction of sp³-hybridized carbons (Fsp3) is 0.238. The van der Waals surface area contributed by atoms with Gasteiger partial charge in [0.05, 0.1) is 25.1 Å². The van der Waals surface area contributed by atoms with Crippen LogP contribution in [0.2, 0.25) is 0 Å². The van der Waals surface area contributed by atoms with E-state index in [1.807, 2.05) is 37.3 Å². The summed E-state index contributed by atoms with van der Waals surface area (Å²) in [5.74, 6) is 1.02. The summed E-state index contributed by atoms with van der Waals surface area (Å²) >= 11 is 1.27. The van der Waals surface area contributed by atoms with E-state index in [0.717, 1.165) is 5.56 Å². The van der Waals surface area contributed by atoms with Crippen LogP contribution in [0.3, 0.4) is 0 Å². The molecule has 0 bridgehead atoms. The summed E-state index contributed by atoms with van der Waals surface area (Å²) < 4.78 is 7.00. The molecule has 0 fully saturated rings. The fourth-order valence-electron chi connectivity index (χ4n) is 2.77. The first-order chi connectivity index (χ1) is 14.5. The number of aryl methyl sites for hydroxylation is 1. The van der Waals surface area contributed by atoms with Gasteiger partial charge in [-0.1, -0.05) is 42.1 Å². The van der Waals surface area contributed by atoms with E-state index in [1.165, 1.54) is 11.8 Å². The van der Waals surface area contributed by atoms with Crippen LogP contribution in [0.15, 0.2) is 53.7 Å². The number of nitrogens with zero attached hydrogens (tertiary/aromatic N) is 3. The Morgan fingerprint density at radius 2 is 1.83 bits per heavy atom. The van der Waals surface area contributed by atoms with Crippen molar-refractivity contribution in [1.82, 2.24) is 20.1 Å². The van der Waals surface area contributed by atoms with Crippen molar-refractivity contribution in [1.29, 1.82) is 0 Å². The minimum Gasteiger partial charge on any atom is -0.495 e. The van der Waals surface area contributed by atoms with E-state index in [2.05, 4.69) is 20.8 Å². The summed E-state index contributed by atoms with van der Waals surface area (Å²) in [4.78, 5) is 24.6. The van der Waals surface area contributed by atoms with Gasteiger partial charge in [0, 0.05) is 12.6 Å². The van der Waals surface area contributed by atoms with Crippen molar-refractivity contribution in [2.45, 2.75) is 18.6 Å². The topological polar surface area (TPSA) is 98.1 Å². The second kappa shape index (κ2) is 9.93. The van der Waals surface area contributed by atoms with E-state index in [-0.39, 0.29) is 24.1 Å². The summed E-state index contributed by atoms with van der Waals surface area (Å²) in [5.41, 5.74) is 2.15. The van der Waals surface area contributed by atoms with Crippen LogP contribution < -0.4 is 15.4 Å². The first-order valence-electron chi connectivity index (χ1n) is 9.27. The Balaban J connectivity index is 1.54. The largest absolute Gasteiger partial charge is 0.495 e. The zero-order valence-corrected chi connectivity index (χ0v) is 17.8. The molecule has 0 saturated heterocycles. The summed E-state index contributed by atoms with van der Waals surface area (Å²) in [6.45, 7) is 2.13. The maximum absolute atomic E-state index is 12.4. The van der Waals surface area contributed by atoms with Crippen molar-refractivity contribution in [3.8, 4) is 5.75 Å². The molecule has 0 aliphatic heterocycles. The smallest absolute Gasteiger partial charge is 0.251 e. The van der Waals surface area contributed by atoms with Crippen LogP contribution in [-0.2, 0) is 18.4 Å². The van der Waals surface area contributed by atoms with Gasteiger partial charge in [0.25, 0.3) is 5.91 Å². The molecule has 0 radical (unpaired) electrons. The second-order valence-corrected chi connectivity index (χ2v) is 7.44. The van der Waals surface area contributed by atoms with Crippen LogP contribution in [0, 0.1) is 6.92 Å². The van der Waals surface area contributed by atoms with Crippen LogP contribution in [0.1, 0.15) is 21.7 Å². The lowest BCUT2D eigenvalue weighted by Crippen LogP contribution is -2.25. The standard InChI is InChI=1S/C21H23N5O3S/c1-14-8-4-5-9-15(14)20(28)22-12-18-24-25-21(26(18)2)30-13-19(27)23-16-10-6-7-11-17(16)29-3/h4-11H,12-13H2,1-3H3,(H,22,28)(H,23,27). The molecule has 8 nitrogen and oxygen atoms in total. The molecule has 0 saturated carbocycles. The van der Waals surface area contributed by atoms with Gasteiger partial charge in [0.2, 0.25) is 5.91 Å². The van der Waals surface area contributed by atoms with Gasteiger partial charge in [-0.25, -0.2) is 0 Å². The van der Waals surface area contributed by atoms with Crippen LogP contribution in [0.4, 0.5) is 5.69 Å². The zero-order chi connectivity index (χ0) is 21.5. The van der Waals surface area contributed by atoms with E-state index in [4.69, 9.17) is 4.74 Å². The molecule has 3 aromatic rings. The average molecular weight is 426 g/mol. The number of carbonyl (C=O) groups excluding carboxylic acids is 2. The molecule has 2 amide bonds. The minimum atomic E-state index is -0.179. The SMILES string of the molecule is COc1ccccc1NC(=O)CSc1nnc(CNC(=O)c2ccccc2C)n1C. The van der Waals surface area contributed by atoms with Crippen molar-refractivity contribution in [3.63, 3.8) is 0 Å². The highest BCUT2D eigenvalue weighted by atomic mass is 32.2. The number of nitrogens with one attached hydrogen (secondary N) is 2. The van der Waals surface area contributed by atoms with E-state index < -0.39 is 0 Å². The average Bonchev–Trinajstić information content (AvgIpc) is 3.10. The van der Waals surface area contributed by atoms with Crippen molar-refractivity contribution in [2.75, 3.05) is 18.2 Å². The summed E-state index contributed by atoms with van der Waals surface area (Å²) in [5, 5.41) is 14.5. The third kappa shape index (κ3) is 5.18. The van der Waals surface area contributed by atoms with Crippen molar-refractivity contribution in [2.24, 2.45) is 7.05 Å². The monoisotopic (exact) mass is 425 g/mol. The lowest BCUT2D eigenvalue weighted by Gasteiger charge is -2.09. The first-order valence-corrected chi connectivity index (χ1v) is 10.3. The molecule has 1 aromatic heterocycles. The second-order valence-electron chi connectivity index (χ2n) is 6.49. The van der Waals surface area contributed by atoms with Gasteiger partial charge < -0.3 is 19.9 Å². The number of aromatic nitrogens is 3. The van der Waals surface area contributed by atoms with E-state index in [9.17, 15) is 9.59 Å². The molecule has 9 heteroatoms. The lowest BCUT2D eigenvalue weighted by atomic mass is 10.1. The van der Waals surface area contributed by atoms with Gasteiger partial charge in [-0.05, 0) is 30.7 Å². The summed E-state index contributed by atoms with van der Waals surface area (Å²) in [7, 11) is 3.36. The Bertz CT molecular complexity index is 1050. The number of ether oxygens (including phenoxy) is 1. The van der Waals surface area contributed by atoms with Crippen LogP contribution in [-0.4, -0.2) is 39.4 Å². The Labute approximate surface area is 179 Å². The molecule has 0 aliphatic rings. The number of carbonyl (C=O) groups is 2. The normalized spacial score (nSPS) is 10.5. The Kier molecular flexibility index (Phi) is 7.08. The third-order valence-electron chi connectivity index (χ3n) is 4.44. The number of methoxy groups -OCH3 is 1. The molecule has 0 aliphatic carbocycles. The maximum atomic E-state index is 12.4. The molecule has 1 heterocycles. The highest BCUT2D eigenvalue weighted by Gasteiger charge is 2.14. The third-order valence-corrected chi connectivity index (χ3v) is 5.46. The van der Waals surface area contributed by atoms with Gasteiger partial charge in [0.1, 0.15) is 5.75 Å². The van der Waals surface area contributed by atoms with Crippen LogP contribution in [0.25, 0.3) is 0 Å². The number of hydrogen-bond acceptors (Lipinski definition) is 6. The number of benzene rings is 2. The Morgan fingerprint density at radius 1 is 1.10 bits per heavy atom. The van der Waals surface area contributed by atoms with Gasteiger partial charge in [-0.3, -0.25) is 9.59 Å². The first kappa shape index (κ1) is 21.4.